The van der Waals surface area contributed by atoms with Gasteiger partial charge in [0, 0.05) is 43.7 Å². The van der Waals surface area contributed by atoms with Crippen LogP contribution < -0.4 is 5.32 Å². The number of carbonyl (C=O) groups excluding carboxylic acids is 1. The van der Waals surface area contributed by atoms with Crippen molar-refractivity contribution >= 4 is 5.78 Å². The molecule has 0 aromatic carbocycles. The predicted molar refractivity (Wildman–Crippen MR) is 85.1 cm³/mol. The Morgan fingerprint density at radius 2 is 1.55 bits per heavy atom. The molecular weight excluding hydrogens is 250 g/mol. The van der Waals surface area contributed by atoms with Crippen LogP contribution in [-0.4, -0.2) is 66.9 Å². The minimum atomic E-state index is -0.296. The van der Waals surface area contributed by atoms with Crippen LogP contribution in [0.4, 0.5) is 0 Å². The summed E-state index contributed by atoms with van der Waals surface area (Å²) in [7, 11) is 2.16. The van der Waals surface area contributed by atoms with E-state index >= 15 is 0 Å². The maximum absolute atomic E-state index is 12.7. The van der Waals surface area contributed by atoms with Gasteiger partial charge in [0.15, 0.2) is 5.78 Å². The molecule has 1 saturated heterocycles. The zero-order valence-electron chi connectivity index (χ0n) is 14.4. The third-order valence-electron chi connectivity index (χ3n) is 3.70. The molecule has 0 aromatic rings. The van der Waals surface area contributed by atoms with Gasteiger partial charge in [0.1, 0.15) is 0 Å². The Balaban J connectivity index is 2.70. The lowest BCUT2D eigenvalue weighted by molar-refractivity contribution is -0.129. The fourth-order valence-corrected chi connectivity index (χ4v) is 2.53. The summed E-state index contributed by atoms with van der Waals surface area (Å²) in [5, 5.41) is 3.52. The van der Waals surface area contributed by atoms with Gasteiger partial charge in [0.2, 0.25) is 0 Å². The number of nitrogens with zero attached hydrogens (tertiary/aromatic N) is 2. The van der Waals surface area contributed by atoms with Crippen molar-refractivity contribution in [3.05, 3.63) is 0 Å². The van der Waals surface area contributed by atoms with E-state index in [4.69, 9.17) is 0 Å². The molecule has 1 rings (SSSR count). The van der Waals surface area contributed by atoms with Crippen molar-refractivity contribution in [1.82, 2.24) is 15.1 Å². The lowest BCUT2D eigenvalue weighted by Crippen LogP contribution is -2.57. The van der Waals surface area contributed by atoms with Crippen molar-refractivity contribution in [2.75, 3.05) is 39.8 Å². The number of likely N-dealkylation sites (N-methyl/N-ethyl adjacent to an activating group) is 1. The number of piperazine rings is 1. The van der Waals surface area contributed by atoms with Crippen LogP contribution in [0.25, 0.3) is 0 Å². The third kappa shape index (κ3) is 5.90. The van der Waals surface area contributed by atoms with E-state index in [2.05, 4.69) is 42.9 Å². The van der Waals surface area contributed by atoms with E-state index in [1.165, 1.54) is 0 Å². The van der Waals surface area contributed by atoms with Gasteiger partial charge >= 0.3 is 0 Å². The van der Waals surface area contributed by atoms with Gasteiger partial charge in [0.05, 0.1) is 6.04 Å². The van der Waals surface area contributed by atoms with Gasteiger partial charge in [-0.15, -0.1) is 0 Å². The Kier molecular flexibility index (Phi) is 5.76. The first-order valence-corrected chi connectivity index (χ1v) is 7.72. The summed E-state index contributed by atoms with van der Waals surface area (Å²) in [4.78, 5) is 17.4. The largest absolute Gasteiger partial charge is 0.304 e. The van der Waals surface area contributed by atoms with Crippen molar-refractivity contribution in [2.45, 2.75) is 53.1 Å². The second-order valence-corrected chi connectivity index (χ2v) is 8.17. The molecule has 0 amide bonds. The molecule has 1 atom stereocenters. The third-order valence-corrected chi connectivity index (χ3v) is 3.70. The summed E-state index contributed by atoms with van der Waals surface area (Å²) in [6.45, 7) is 17.5. The quantitative estimate of drug-likeness (QED) is 0.850. The predicted octanol–water partition coefficient (Wildman–Crippen LogP) is 1.61. The molecule has 1 N–H and O–H groups in total. The van der Waals surface area contributed by atoms with Crippen molar-refractivity contribution in [3.8, 4) is 0 Å². The summed E-state index contributed by atoms with van der Waals surface area (Å²) in [5.41, 5.74) is -0.340. The van der Waals surface area contributed by atoms with E-state index in [-0.39, 0.29) is 17.0 Å². The van der Waals surface area contributed by atoms with Crippen molar-refractivity contribution in [1.29, 1.82) is 0 Å². The Morgan fingerprint density at radius 3 is 1.95 bits per heavy atom. The highest BCUT2D eigenvalue weighted by Crippen LogP contribution is 2.19. The van der Waals surface area contributed by atoms with Gasteiger partial charge in [-0.1, -0.05) is 20.8 Å². The second-order valence-electron chi connectivity index (χ2n) is 8.17. The number of hydrogen-bond donors (Lipinski definition) is 1. The molecule has 0 aromatic heterocycles. The lowest BCUT2D eigenvalue weighted by Gasteiger charge is -2.38. The van der Waals surface area contributed by atoms with Crippen LogP contribution in [0, 0.1) is 5.41 Å². The second kappa shape index (κ2) is 6.54. The van der Waals surface area contributed by atoms with E-state index in [1.807, 2.05) is 20.8 Å². The Labute approximate surface area is 124 Å². The van der Waals surface area contributed by atoms with Crippen LogP contribution in [0.3, 0.4) is 0 Å². The molecule has 0 spiro atoms. The van der Waals surface area contributed by atoms with E-state index in [0.717, 1.165) is 32.7 Å². The molecule has 1 aliphatic heterocycles. The first-order valence-electron chi connectivity index (χ1n) is 7.72. The molecule has 0 radical (unpaired) electrons. The SMILES string of the molecule is CN1CCN(CC(NC(C)(C)C)C(=O)C(C)(C)C)CC1. The number of rotatable bonds is 4. The van der Waals surface area contributed by atoms with Crippen LogP contribution in [-0.2, 0) is 4.79 Å². The topological polar surface area (TPSA) is 35.6 Å². The van der Waals surface area contributed by atoms with Gasteiger partial charge in [-0.2, -0.15) is 0 Å². The number of nitrogens with one attached hydrogen (secondary N) is 1. The Morgan fingerprint density at radius 1 is 1.05 bits per heavy atom. The van der Waals surface area contributed by atoms with E-state index in [1.54, 1.807) is 0 Å². The van der Waals surface area contributed by atoms with Crippen molar-refractivity contribution < 1.29 is 4.79 Å². The van der Waals surface area contributed by atoms with Crippen LogP contribution in [0.15, 0.2) is 0 Å². The zero-order chi connectivity index (χ0) is 15.6. The molecule has 1 fully saturated rings. The fourth-order valence-electron chi connectivity index (χ4n) is 2.53. The first-order chi connectivity index (χ1) is 8.99. The van der Waals surface area contributed by atoms with Crippen LogP contribution >= 0.6 is 0 Å². The van der Waals surface area contributed by atoms with E-state index in [9.17, 15) is 4.79 Å². The van der Waals surface area contributed by atoms with Gasteiger partial charge in [-0.05, 0) is 27.8 Å². The minimum Gasteiger partial charge on any atom is -0.304 e. The number of carbonyl (C=O) groups is 1. The normalized spacial score (nSPS) is 20.9. The highest BCUT2D eigenvalue weighted by molar-refractivity contribution is 5.89. The molecule has 4 heteroatoms. The molecule has 4 nitrogen and oxygen atoms in total. The highest BCUT2D eigenvalue weighted by Gasteiger charge is 2.33. The molecule has 1 heterocycles. The van der Waals surface area contributed by atoms with Crippen LogP contribution in [0.2, 0.25) is 0 Å². The fraction of sp³-hybridized carbons (Fsp3) is 0.938. The van der Waals surface area contributed by atoms with Crippen LogP contribution in [0.1, 0.15) is 41.5 Å². The summed E-state index contributed by atoms with van der Waals surface area (Å²) in [6, 6.07) is -0.0848. The van der Waals surface area contributed by atoms with E-state index < -0.39 is 0 Å². The van der Waals surface area contributed by atoms with Crippen molar-refractivity contribution in [2.24, 2.45) is 5.41 Å². The number of hydrogen-bond acceptors (Lipinski definition) is 4. The Hall–Kier alpha value is -0.450. The molecule has 1 unspecified atom stereocenters. The minimum absolute atomic E-state index is 0.0435. The zero-order valence-corrected chi connectivity index (χ0v) is 14.4. The monoisotopic (exact) mass is 283 g/mol. The lowest BCUT2D eigenvalue weighted by atomic mass is 9.85. The standard InChI is InChI=1S/C16H33N3O/c1-15(2,3)14(20)13(17-16(4,5)6)12-19-10-8-18(7)9-11-19/h13,17H,8-12H2,1-7H3. The average Bonchev–Trinajstić information content (AvgIpc) is 2.27. The average molecular weight is 283 g/mol. The maximum Gasteiger partial charge on any atom is 0.156 e. The molecule has 0 saturated carbocycles. The summed E-state index contributed by atoms with van der Waals surface area (Å²) in [5.74, 6) is 0.311. The van der Waals surface area contributed by atoms with Gasteiger partial charge < -0.3 is 10.2 Å². The Bertz CT molecular complexity index is 320. The molecule has 118 valence electrons. The highest BCUT2D eigenvalue weighted by atomic mass is 16.1. The van der Waals surface area contributed by atoms with Crippen molar-refractivity contribution in [3.63, 3.8) is 0 Å². The molecule has 20 heavy (non-hydrogen) atoms. The maximum atomic E-state index is 12.7. The molecule has 1 aliphatic rings. The molecule has 0 aliphatic carbocycles. The van der Waals surface area contributed by atoms with E-state index in [0.29, 0.717) is 5.78 Å². The van der Waals surface area contributed by atoms with Gasteiger partial charge in [-0.3, -0.25) is 9.69 Å². The number of ketones is 1. The molecule has 0 bridgehead atoms. The van der Waals surface area contributed by atoms with Gasteiger partial charge in [0.25, 0.3) is 0 Å². The summed E-state index contributed by atoms with van der Waals surface area (Å²) in [6.07, 6.45) is 0. The summed E-state index contributed by atoms with van der Waals surface area (Å²) >= 11 is 0. The smallest absolute Gasteiger partial charge is 0.156 e. The molecular formula is C16H33N3O. The summed E-state index contributed by atoms with van der Waals surface area (Å²) < 4.78 is 0. The first kappa shape index (κ1) is 17.6. The van der Waals surface area contributed by atoms with Gasteiger partial charge in [-0.25, -0.2) is 0 Å². The number of Topliss-reactive ketones (excluding diaryl/α,β-unsaturated/α-hetero) is 1. The van der Waals surface area contributed by atoms with Crippen LogP contribution in [0.5, 0.6) is 0 Å².